The topological polar surface area (TPSA) is 152 Å². The van der Waals surface area contributed by atoms with Crippen LogP contribution in [0.2, 0.25) is 5.15 Å². The number of nitriles is 2. The van der Waals surface area contributed by atoms with E-state index in [0.29, 0.717) is 27.7 Å². The summed E-state index contributed by atoms with van der Waals surface area (Å²) < 4.78 is 5.42. The van der Waals surface area contributed by atoms with E-state index < -0.39 is 12.7 Å². The van der Waals surface area contributed by atoms with E-state index in [1.807, 2.05) is 6.07 Å². The first-order chi connectivity index (χ1) is 16.9. The first kappa shape index (κ1) is 25.9. The van der Waals surface area contributed by atoms with E-state index in [2.05, 4.69) is 21.4 Å². The zero-order chi connectivity index (χ0) is 25.4. The molecule has 3 aromatic rings. The highest BCUT2D eigenvalue weighted by molar-refractivity contribution is 7.98. The van der Waals surface area contributed by atoms with Crippen molar-refractivity contribution < 1.29 is 19.7 Å². The second-order valence-electron chi connectivity index (χ2n) is 7.15. The molecule has 3 rings (SSSR count). The van der Waals surface area contributed by atoms with Crippen LogP contribution in [0, 0.1) is 22.7 Å². The van der Waals surface area contributed by atoms with Crippen LogP contribution in [0.25, 0.3) is 11.1 Å². The molecule has 3 N–H and O–H groups in total. The van der Waals surface area contributed by atoms with Gasteiger partial charge in [-0.3, -0.25) is 9.78 Å². The van der Waals surface area contributed by atoms with Crippen molar-refractivity contribution >= 4 is 29.3 Å². The number of nitrogens with one attached hydrogen (secondary N) is 1. The number of amides is 1. The van der Waals surface area contributed by atoms with Crippen molar-refractivity contribution in [2.24, 2.45) is 0 Å². The molecule has 1 atom stereocenters. The van der Waals surface area contributed by atoms with Crippen LogP contribution in [0.3, 0.4) is 0 Å². The summed E-state index contributed by atoms with van der Waals surface area (Å²) in [5.41, 5.74) is 2.24. The summed E-state index contributed by atoms with van der Waals surface area (Å²) in [7, 11) is 1.52. The Bertz CT molecular complexity index is 1300. The summed E-state index contributed by atoms with van der Waals surface area (Å²) in [5.74, 6) is 0.517. The van der Waals surface area contributed by atoms with Gasteiger partial charge in [0.2, 0.25) is 0 Å². The molecule has 0 fully saturated rings. The summed E-state index contributed by atoms with van der Waals surface area (Å²) in [6.45, 7) is -0.501. The molecule has 2 aromatic heterocycles. The maximum absolute atomic E-state index is 11.9. The third-order valence-electron chi connectivity index (χ3n) is 4.80. The van der Waals surface area contributed by atoms with Crippen molar-refractivity contribution in [1.82, 2.24) is 15.3 Å². The van der Waals surface area contributed by atoms with Gasteiger partial charge in [-0.2, -0.15) is 10.5 Å². The maximum atomic E-state index is 11.9. The average molecular weight is 510 g/mol. The molecular formula is C24H20ClN5O4S. The highest BCUT2D eigenvalue weighted by Crippen LogP contribution is 2.37. The number of aliphatic hydroxyl groups excluding tert-OH is 2. The lowest BCUT2D eigenvalue weighted by Gasteiger charge is -2.14. The predicted molar refractivity (Wildman–Crippen MR) is 130 cm³/mol. The van der Waals surface area contributed by atoms with Gasteiger partial charge in [-0.1, -0.05) is 23.7 Å². The number of pyridine rings is 2. The minimum Gasteiger partial charge on any atom is -0.491 e. The van der Waals surface area contributed by atoms with Crippen molar-refractivity contribution in [3.05, 3.63) is 70.1 Å². The summed E-state index contributed by atoms with van der Waals surface area (Å²) in [6, 6.07) is 14.2. The standard InChI is InChI=1S/C24H20ClN5O4S/c1-28-23(33)20-8-14(6-7-29-20)13-35-24-19(10-27)21(18(9-26)22(25)30-24)15-2-4-17(5-3-15)34-12-16(32)11-31/h2-8,16,31-32H,11-13H2,1H3,(H,28,33)/t16-/m1/s1. The first-order valence-corrected chi connectivity index (χ1v) is 11.6. The van der Waals surface area contributed by atoms with Crippen LogP contribution >= 0.6 is 23.4 Å². The van der Waals surface area contributed by atoms with Crippen LogP contribution < -0.4 is 10.1 Å². The number of carbonyl (C=O) groups excluding carboxylic acids is 1. The molecule has 0 saturated heterocycles. The van der Waals surface area contributed by atoms with Crippen LogP contribution in [0.5, 0.6) is 5.75 Å². The molecule has 0 aliphatic heterocycles. The number of carbonyl (C=O) groups is 1. The average Bonchev–Trinajstić information content (AvgIpc) is 2.90. The molecule has 0 aliphatic carbocycles. The van der Waals surface area contributed by atoms with E-state index in [0.717, 1.165) is 5.56 Å². The fraction of sp³-hybridized carbons (Fsp3) is 0.208. The second-order valence-corrected chi connectivity index (χ2v) is 8.47. The lowest BCUT2D eigenvalue weighted by Crippen LogP contribution is -2.21. The van der Waals surface area contributed by atoms with E-state index >= 15 is 0 Å². The Labute approximate surface area is 211 Å². The molecule has 178 valence electrons. The molecule has 1 aromatic carbocycles. The molecule has 0 unspecified atom stereocenters. The fourth-order valence-corrected chi connectivity index (χ4v) is 4.27. The van der Waals surface area contributed by atoms with Crippen molar-refractivity contribution in [3.63, 3.8) is 0 Å². The molecule has 0 aliphatic rings. The Morgan fingerprint density at radius 2 is 1.94 bits per heavy atom. The number of thioether (sulfide) groups is 1. The first-order valence-electron chi connectivity index (χ1n) is 10.3. The van der Waals surface area contributed by atoms with Gasteiger partial charge in [0, 0.05) is 24.6 Å². The molecule has 35 heavy (non-hydrogen) atoms. The number of hydrogen-bond donors (Lipinski definition) is 3. The molecule has 11 heteroatoms. The van der Waals surface area contributed by atoms with Crippen LogP contribution in [-0.4, -0.2) is 52.5 Å². The van der Waals surface area contributed by atoms with Gasteiger partial charge in [-0.25, -0.2) is 4.98 Å². The van der Waals surface area contributed by atoms with Crippen molar-refractivity contribution in [3.8, 4) is 29.0 Å². The van der Waals surface area contributed by atoms with E-state index in [-0.39, 0.29) is 34.5 Å². The monoisotopic (exact) mass is 509 g/mol. The maximum Gasteiger partial charge on any atom is 0.269 e. The largest absolute Gasteiger partial charge is 0.491 e. The predicted octanol–water partition coefficient (Wildman–Crippen LogP) is 2.92. The molecule has 2 heterocycles. The van der Waals surface area contributed by atoms with Gasteiger partial charge >= 0.3 is 0 Å². The van der Waals surface area contributed by atoms with Gasteiger partial charge in [0.1, 0.15) is 46.5 Å². The zero-order valence-corrected chi connectivity index (χ0v) is 20.1. The minimum atomic E-state index is -1.00. The second kappa shape index (κ2) is 12.2. The van der Waals surface area contributed by atoms with Crippen molar-refractivity contribution in [2.45, 2.75) is 16.9 Å². The molecule has 9 nitrogen and oxygen atoms in total. The third kappa shape index (κ3) is 6.27. The Morgan fingerprint density at radius 1 is 1.23 bits per heavy atom. The molecule has 0 bridgehead atoms. The number of halogens is 1. The van der Waals surface area contributed by atoms with Crippen LogP contribution in [0.1, 0.15) is 27.2 Å². The number of nitrogens with zero attached hydrogens (tertiary/aromatic N) is 4. The highest BCUT2D eigenvalue weighted by atomic mass is 35.5. The van der Waals surface area contributed by atoms with Gasteiger partial charge in [0.05, 0.1) is 17.7 Å². The number of ether oxygens (including phenoxy) is 1. The van der Waals surface area contributed by atoms with E-state index in [4.69, 9.17) is 21.4 Å². The SMILES string of the molecule is CNC(=O)c1cc(CSc2nc(Cl)c(C#N)c(-c3ccc(OC[C@H](O)CO)cc3)c2C#N)ccn1. The Balaban J connectivity index is 1.94. The fourth-order valence-electron chi connectivity index (χ4n) is 3.07. The number of rotatable bonds is 9. The lowest BCUT2D eigenvalue weighted by atomic mass is 9.97. The molecule has 0 radical (unpaired) electrons. The Hall–Kier alpha value is -3.67. The summed E-state index contributed by atoms with van der Waals surface area (Å²) >= 11 is 7.57. The van der Waals surface area contributed by atoms with Crippen LogP contribution in [0.15, 0.2) is 47.6 Å². The number of hydrogen-bond acceptors (Lipinski definition) is 9. The summed E-state index contributed by atoms with van der Waals surface area (Å²) in [4.78, 5) is 20.2. The zero-order valence-electron chi connectivity index (χ0n) is 18.5. The minimum absolute atomic E-state index is 0.0313. The lowest BCUT2D eigenvalue weighted by molar-refractivity contribution is 0.0536. The molecule has 0 spiro atoms. The van der Waals surface area contributed by atoms with Gasteiger partial charge in [-0.05, 0) is 35.4 Å². The molecular weight excluding hydrogens is 490 g/mol. The smallest absolute Gasteiger partial charge is 0.269 e. The van der Waals surface area contributed by atoms with Gasteiger partial charge in [0.25, 0.3) is 5.91 Å². The van der Waals surface area contributed by atoms with Crippen LogP contribution in [-0.2, 0) is 5.75 Å². The van der Waals surface area contributed by atoms with E-state index in [1.165, 1.54) is 25.0 Å². The Morgan fingerprint density at radius 3 is 2.57 bits per heavy atom. The highest BCUT2D eigenvalue weighted by Gasteiger charge is 2.21. The third-order valence-corrected chi connectivity index (χ3v) is 6.12. The summed E-state index contributed by atoms with van der Waals surface area (Å²) in [6.07, 6.45) is 0.524. The normalized spacial score (nSPS) is 11.3. The van der Waals surface area contributed by atoms with Gasteiger partial charge < -0.3 is 20.3 Å². The van der Waals surface area contributed by atoms with Crippen molar-refractivity contribution in [2.75, 3.05) is 20.3 Å². The van der Waals surface area contributed by atoms with Crippen molar-refractivity contribution in [1.29, 1.82) is 10.5 Å². The van der Waals surface area contributed by atoms with E-state index in [1.54, 1.807) is 36.4 Å². The number of aromatic nitrogens is 2. The number of aliphatic hydroxyl groups is 2. The summed E-state index contributed by atoms with van der Waals surface area (Å²) in [5, 5.41) is 40.8. The quantitative estimate of drug-likeness (QED) is 0.292. The van der Waals surface area contributed by atoms with Crippen LogP contribution in [0.4, 0.5) is 0 Å². The van der Waals surface area contributed by atoms with Gasteiger partial charge in [-0.15, -0.1) is 11.8 Å². The number of benzene rings is 1. The molecule has 1 amide bonds. The molecule has 0 saturated carbocycles. The van der Waals surface area contributed by atoms with Gasteiger partial charge in [0.15, 0.2) is 0 Å². The Kier molecular flexibility index (Phi) is 9.01. The van der Waals surface area contributed by atoms with E-state index in [9.17, 15) is 20.4 Å².